The van der Waals surface area contributed by atoms with Crippen molar-refractivity contribution >= 4 is 17.9 Å². The van der Waals surface area contributed by atoms with Gasteiger partial charge in [-0.25, -0.2) is 0 Å². The van der Waals surface area contributed by atoms with Crippen molar-refractivity contribution < 1.29 is 28.6 Å². The van der Waals surface area contributed by atoms with Crippen molar-refractivity contribution in [3.63, 3.8) is 0 Å². The van der Waals surface area contributed by atoms with Gasteiger partial charge >= 0.3 is 17.9 Å². The van der Waals surface area contributed by atoms with Crippen molar-refractivity contribution in [2.75, 3.05) is 13.2 Å². The number of carbonyl (C=O) groups excluding carboxylic acids is 3. The van der Waals surface area contributed by atoms with Gasteiger partial charge in [-0.15, -0.1) is 0 Å². The Bertz CT molecular complexity index is 1860. The summed E-state index contributed by atoms with van der Waals surface area (Å²) in [6.07, 6.45) is 99.3. The number of ether oxygens (including phenoxy) is 3. The van der Waals surface area contributed by atoms with E-state index in [9.17, 15) is 14.4 Å². The molecule has 81 heavy (non-hydrogen) atoms. The Morgan fingerprint density at radius 2 is 0.506 bits per heavy atom. The first-order valence-electron chi connectivity index (χ1n) is 32.6. The molecule has 0 radical (unpaired) electrons. The van der Waals surface area contributed by atoms with E-state index in [0.29, 0.717) is 12.8 Å². The van der Waals surface area contributed by atoms with E-state index in [4.69, 9.17) is 14.2 Å². The molecule has 6 nitrogen and oxygen atoms in total. The standard InChI is InChI=1S/C75H118O6/c1-4-7-10-13-16-19-22-25-28-31-34-36-37-39-41-44-47-50-53-56-59-62-65-68-74(77)80-71-72(70-79-73(76)67-64-61-58-55-52-49-46-43-40-33-30-27-24-21-18-15-12-9-6-3)81-75(78)69-66-63-60-57-54-51-48-45-42-38-35-32-29-26-23-20-17-14-11-8-5-2/h8-9,11-12,17-18,20-22,25-27,29-31,34-35,37-40,43,45,48-49,52,58,61,72H,4-7,10,13-16,19,23-24,28,32-33,36,41-42,44,46-47,50-51,53-57,59-60,62-71H2,1-3H3/b11-8-,12-9-,20-17-,21-18-,25-22-,29-26-,30-27-,34-31-,38-35-,39-37-,43-40-,48-45-,52-49-,61-58-. The zero-order chi connectivity index (χ0) is 58.5. The summed E-state index contributed by atoms with van der Waals surface area (Å²) in [6, 6.07) is 0. The van der Waals surface area contributed by atoms with E-state index in [2.05, 4.69) is 185 Å². The summed E-state index contributed by atoms with van der Waals surface area (Å²) in [6.45, 7) is 6.31. The van der Waals surface area contributed by atoms with Crippen LogP contribution in [0.1, 0.15) is 265 Å². The highest BCUT2D eigenvalue weighted by atomic mass is 16.6. The van der Waals surface area contributed by atoms with Crippen LogP contribution < -0.4 is 0 Å². The van der Waals surface area contributed by atoms with Crippen molar-refractivity contribution in [2.24, 2.45) is 0 Å². The van der Waals surface area contributed by atoms with Crippen LogP contribution in [0.5, 0.6) is 0 Å². The van der Waals surface area contributed by atoms with Crippen LogP contribution in [0.15, 0.2) is 170 Å². The lowest BCUT2D eigenvalue weighted by atomic mass is 10.1. The minimum Gasteiger partial charge on any atom is -0.462 e. The molecule has 0 aromatic carbocycles. The zero-order valence-corrected chi connectivity index (χ0v) is 52.0. The van der Waals surface area contributed by atoms with Crippen LogP contribution in [0, 0.1) is 0 Å². The van der Waals surface area contributed by atoms with Gasteiger partial charge < -0.3 is 14.2 Å². The number of unbranched alkanes of at least 4 members (excludes halogenated alkanes) is 18. The molecule has 0 aliphatic rings. The monoisotopic (exact) mass is 1110 g/mol. The fourth-order valence-electron chi connectivity index (χ4n) is 8.38. The van der Waals surface area contributed by atoms with Crippen LogP contribution in [0.4, 0.5) is 0 Å². The molecule has 0 amide bonds. The largest absolute Gasteiger partial charge is 0.462 e. The van der Waals surface area contributed by atoms with Crippen molar-refractivity contribution in [3.8, 4) is 0 Å². The van der Waals surface area contributed by atoms with Gasteiger partial charge in [-0.3, -0.25) is 14.4 Å². The van der Waals surface area contributed by atoms with E-state index in [0.717, 1.165) is 148 Å². The SMILES string of the molecule is CC/C=C\C/C=C\C/C=C\C/C=C\C/C=C\C/C=C\CCC(=O)OCC(COC(=O)CCCCCCCCCC/C=C\C/C=C\C/C=C\CCCCCCC)OC(=O)CCCCCCC/C=C\C/C=C\C/C=C\C/C=C\C/C=C\CC. The number of carbonyl (C=O) groups is 3. The lowest BCUT2D eigenvalue weighted by molar-refractivity contribution is -0.166. The maximum atomic E-state index is 12.9. The summed E-state index contributed by atoms with van der Waals surface area (Å²) >= 11 is 0. The summed E-state index contributed by atoms with van der Waals surface area (Å²) in [5.74, 6) is -1.04. The molecule has 0 saturated heterocycles. The maximum absolute atomic E-state index is 12.9. The Hall–Kier alpha value is -5.23. The third kappa shape index (κ3) is 65.5. The van der Waals surface area contributed by atoms with Crippen molar-refractivity contribution in [1.29, 1.82) is 0 Å². The minimum atomic E-state index is -0.834. The second-order valence-corrected chi connectivity index (χ2v) is 20.9. The van der Waals surface area contributed by atoms with E-state index in [1.807, 2.05) is 6.08 Å². The molecule has 0 spiro atoms. The van der Waals surface area contributed by atoms with Crippen LogP contribution in [-0.4, -0.2) is 37.2 Å². The third-order valence-electron chi connectivity index (χ3n) is 13.2. The number of rotatable bonds is 57. The molecule has 0 bridgehead atoms. The summed E-state index contributed by atoms with van der Waals surface area (Å²) in [4.78, 5) is 38.4. The van der Waals surface area contributed by atoms with Gasteiger partial charge in [0.05, 0.1) is 0 Å². The molecule has 454 valence electrons. The van der Waals surface area contributed by atoms with E-state index in [1.165, 1.54) is 70.6 Å². The van der Waals surface area contributed by atoms with Crippen LogP contribution >= 0.6 is 0 Å². The normalized spacial score (nSPS) is 13.3. The van der Waals surface area contributed by atoms with E-state index in [1.54, 1.807) is 0 Å². The molecule has 6 heteroatoms. The number of esters is 3. The first kappa shape index (κ1) is 75.8. The van der Waals surface area contributed by atoms with E-state index < -0.39 is 6.10 Å². The topological polar surface area (TPSA) is 78.9 Å². The Balaban J connectivity index is 4.57. The molecule has 0 N–H and O–H groups in total. The zero-order valence-electron chi connectivity index (χ0n) is 52.0. The summed E-state index contributed by atoms with van der Waals surface area (Å²) < 4.78 is 16.9. The van der Waals surface area contributed by atoms with Crippen molar-refractivity contribution in [2.45, 2.75) is 271 Å². The molecule has 0 aromatic heterocycles. The first-order valence-corrected chi connectivity index (χ1v) is 32.6. The van der Waals surface area contributed by atoms with Crippen LogP contribution in [0.3, 0.4) is 0 Å². The average molecular weight is 1120 g/mol. The summed E-state index contributed by atoms with van der Waals surface area (Å²) in [5, 5.41) is 0. The van der Waals surface area contributed by atoms with Crippen molar-refractivity contribution in [1.82, 2.24) is 0 Å². The molecular weight excluding hydrogens is 997 g/mol. The van der Waals surface area contributed by atoms with Gasteiger partial charge in [0.1, 0.15) is 13.2 Å². The molecule has 1 unspecified atom stereocenters. The Labute approximate surface area is 498 Å². The molecule has 0 saturated carbocycles. The Morgan fingerprint density at radius 1 is 0.259 bits per heavy atom. The van der Waals surface area contributed by atoms with Gasteiger partial charge in [-0.2, -0.15) is 0 Å². The molecule has 0 rings (SSSR count). The lowest BCUT2D eigenvalue weighted by Crippen LogP contribution is -2.30. The molecular formula is C75H118O6. The Morgan fingerprint density at radius 3 is 0.827 bits per heavy atom. The molecule has 0 aromatic rings. The lowest BCUT2D eigenvalue weighted by Gasteiger charge is -2.18. The molecule has 1 atom stereocenters. The maximum Gasteiger partial charge on any atom is 0.306 e. The Kier molecular flexibility index (Phi) is 62.9. The van der Waals surface area contributed by atoms with Gasteiger partial charge in [0.15, 0.2) is 6.10 Å². The molecule has 0 aliphatic heterocycles. The van der Waals surface area contributed by atoms with Crippen LogP contribution in [-0.2, 0) is 28.6 Å². The average Bonchev–Trinajstić information content (AvgIpc) is 3.47. The van der Waals surface area contributed by atoms with Gasteiger partial charge in [0.25, 0.3) is 0 Å². The van der Waals surface area contributed by atoms with Gasteiger partial charge in [0.2, 0.25) is 0 Å². The number of hydrogen-bond donors (Lipinski definition) is 0. The molecule has 0 fully saturated rings. The smallest absolute Gasteiger partial charge is 0.306 e. The second-order valence-electron chi connectivity index (χ2n) is 20.9. The predicted molar refractivity (Wildman–Crippen MR) is 352 cm³/mol. The quantitative estimate of drug-likeness (QED) is 0.0261. The second kappa shape index (κ2) is 67.3. The highest BCUT2D eigenvalue weighted by Gasteiger charge is 2.19. The number of allylic oxidation sites excluding steroid dienone is 28. The third-order valence-corrected chi connectivity index (χ3v) is 13.2. The highest BCUT2D eigenvalue weighted by molar-refractivity contribution is 5.71. The summed E-state index contributed by atoms with van der Waals surface area (Å²) in [5.41, 5.74) is 0. The fraction of sp³-hybridized carbons (Fsp3) is 0.587. The minimum absolute atomic E-state index is 0.121. The summed E-state index contributed by atoms with van der Waals surface area (Å²) in [7, 11) is 0. The van der Waals surface area contributed by atoms with E-state index >= 15 is 0 Å². The highest BCUT2D eigenvalue weighted by Crippen LogP contribution is 2.14. The predicted octanol–water partition coefficient (Wildman–Crippen LogP) is 22.7. The van der Waals surface area contributed by atoms with Crippen LogP contribution in [0.2, 0.25) is 0 Å². The first-order chi connectivity index (χ1) is 40.0. The van der Waals surface area contributed by atoms with Crippen molar-refractivity contribution in [3.05, 3.63) is 170 Å². The van der Waals surface area contributed by atoms with E-state index in [-0.39, 0.29) is 44.0 Å². The number of hydrogen-bond acceptors (Lipinski definition) is 6. The molecule has 0 heterocycles. The van der Waals surface area contributed by atoms with Gasteiger partial charge in [0, 0.05) is 19.3 Å². The van der Waals surface area contributed by atoms with Crippen LogP contribution in [0.25, 0.3) is 0 Å². The van der Waals surface area contributed by atoms with Gasteiger partial charge in [-0.1, -0.05) is 274 Å². The van der Waals surface area contributed by atoms with Gasteiger partial charge in [-0.05, 0) is 141 Å². The fourth-order valence-corrected chi connectivity index (χ4v) is 8.38. The molecule has 0 aliphatic carbocycles.